The van der Waals surface area contributed by atoms with Gasteiger partial charge in [-0.1, -0.05) is 13.8 Å². The van der Waals surface area contributed by atoms with Gasteiger partial charge in [0.15, 0.2) is 0 Å². The highest BCUT2D eigenvalue weighted by molar-refractivity contribution is 5.79. The topological polar surface area (TPSA) is 17.1 Å². The quantitative estimate of drug-likeness (QED) is 0.627. The van der Waals surface area contributed by atoms with Crippen molar-refractivity contribution in [1.29, 1.82) is 0 Å². The Morgan fingerprint density at radius 2 is 1.81 bits per heavy atom. The van der Waals surface area contributed by atoms with Gasteiger partial charge in [0.1, 0.15) is 12.0 Å². The number of hydrogen-bond donors (Lipinski definition) is 0. The SMILES string of the molecule is CC1CCC2C3C[C@@H](F)C4CC(=O)CCC4C3CC[C@]12C. The van der Waals surface area contributed by atoms with Gasteiger partial charge in [0.2, 0.25) is 0 Å². The highest BCUT2D eigenvalue weighted by atomic mass is 19.1. The molecule has 0 aromatic rings. The van der Waals surface area contributed by atoms with E-state index >= 15 is 0 Å². The molecule has 8 atom stereocenters. The van der Waals surface area contributed by atoms with Gasteiger partial charge in [-0.05, 0) is 73.5 Å². The number of hydrogen-bond acceptors (Lipinski definition) is 1. The standard InChI is InChI=1S/C19H29FO/c1-11-3-6-17-15-10-18(20)16-9-12(21)4-5-13(16)14(15)7-8-19(11,17)2/h11,13-18H,3-10H2,1-2H3/t11?,13?,14?,15?,16?,17?,18-,19-/m1/s1. The van der Waals surface area contributed by atoms with Gasteiger partial charge < -0.3 is 0 Å². The molecule has 2 heteroatoms. The molecule has 4 aliphatic carbocycles. The van der Waals surface area contributed by atoms with Crippen LogP contribution in [0.4, 0.5) is 4.39 Å². The van der Waals surface area contributed by atoms with Crippen molar-refractivity contribution in [3.05, 3.63) is 0 Å². The molecular formula is C19H29FO. The molecule has 0 radical (unpaired) electrons. The molecular weight excluding hydrogens is 263 g/mol. The summed E-state index contributed by atoms with van der Waals surface area (Å²) in [6.07, 6.45) is 7.58. The molecule has 118 valence electrons. The Balaban J connectivity index is 1.62. The first-order chi connectivity index (χ1) is 10.0. The minimum Gasteiger partial charge on any atom is -0.300 e. The Morgan fingerprint density at radius 3 is 2.62 bits per heavy atom. The third kappa shape index (κ3) is 1.96. The summed E-state index contributed by atoms with van der Waals surface area (Å²) in [6, 6.07) is 0. The summed E-state index contributed by atoms with van der Waals surface area (Å²) in [7, 11) is 0. The third-order valence-corrected chi connectivity index (χ3v) is 8.25. The molecule has 0 amide bonds. The van der Waals surface area contributed by atoms with Crippen LogP contribution in [0.1, 0.15) is 65.2 Å². The lowest BCUT2D eigenvalue weighted by Gasteiger charge is -2.56. The van der Waals surface area contributed by atoms with Crippen molar-refractivity contribution in [3.8, 4) is 0 Å². The minimum atomic E-state index is -0.709. The van der Waals surface area contributed by atoms with Crippen LogP contribution >= 0.6 is 0 Å². The van der Waals surface area contributed by atoms with Gasteiger partial charge in [0.25, 0.3) is 0 Å². The zero-order chi connectivity index (χ0) is 14.8. The van der Waals surface area contributed by atoms with E-state index in [2.05, 4.69) is 13.8 Å². The Labute approximate surface area is 128 Å². The van der Waals surface area contributed by atoms with Crippen LogP contribution in [0.2, 0.25) is 0 Å². The molecule has 0 aromatic carbocycles. The second-order valence-electron chi connectivity index (χ2n) is 8.82. The molecule has 1 nitrogen and oxygen atoms in total. The molecule has 4 saturated carbocycles. The number of Topliss-reactive ketones (excluding diaryl/α,β-unsaturated/α-hetero) is 1. The highest BCUT2D eigenvalue weighted by Crippen LogP contribution is 2.64. The van der Waals surface area contributed by atoms with Crippen LogP contribution < -0.4 is 0 Å². The summed E-state index contributed by atoms with van der Waals surface area (Å²) in [5.41, 5.74) is 0.470. The van der Waals surface area contributed by atoms with Crippen LogP contribution in [0, 0.1) is 40.9 Å². The molecule has 21 heavy (non-hydrogen) atoms. The number of rotatable bonds is 0. The molecule has 6 unspecified atom stereocenters. The second-order valence-corrected chi connectivity index (χ2v) is 8.82. The maximum atomic E-state index is 14.8. The fourth-order valence-corrected chi connectivity index (χ4v) is 6.87. The van der Waals surface area contributed by atoms with E-state index in [1.165, 1.54) is 25.7 Å². The number of alkyl halides is 1. The summed E-state index contributed by atoms with van der Waals surface area (Å²) in [6.45, 7) is 4.90. The Hall–Kier alpha value is -0.400. The minimum absolute atomic E-state index is 0.0654. The predicted octanol–water partition coefficient (Wildman–Crippen LogP) is 4.79. The van der Waals surface area contributed by atoms with Crippen molar-refractivity contribution < 1.29 is 9.18 Å². The van der Waals surface area contributed by atoms with E-state index in [-0.39, 0.29) is 5.92 Å². The van der Waals surface area contributed by atoms with Gasteiger partial charge in [-0.25, -0.2) is 4.39 Å². The first-order valence-electron chi connectivity index (χ1n) is 9.16. The average molecular weight is 292 g/mol. The van der Waals surface area contributed by atoms with Crippen LogP contribution in [0.25, 0.3) is 0 Å². The summed E-state index contributed by atoms with van der Waals surface area (Å²) in [4.78, 5) is 11.7. The van der Waals surface area contributed by atoms with Gasteiger partial charge in [-0.3, -0.25) is 4.79 Å². The van der Waals surface area contributed by atoms with Crippen LogP contribution in [0.3, 0.4) is 0 Å². The molecule has 0 aromatic heterocycles. The van der Waals surface area contributed by atoms with Crippen molar-refractivity contribution in [2.75, 3.05) is 0 Å². The van der Waals surface area contributed by atoms with Crippen LogP contribution in [0.5, 0.6) is 0 Å². The number of halogens is 1. The van der Waals surface area contributed by atoms with E-state index in [9.17, 15) is 9.18 Å². The normalized spacial score (nSPS) is 56.5. The zero-order valence-electron chi connectivity index (χ0n) is 13.5. The fraction of sp³-hybridized carbons (Fsp3) is 0.947. The van der Waals surface area contributed by atoms with E-state index in [0.29, 0.717) is 29.5 Å². The molecule has 0 bridgehead atoms. The van der Waals surface area contributed by atoms with E-state index < -0.39 is 6.17 Å². The van der Waals surface area contributed by atoms with E-state index in [0.717, 1.165) is 37.0 Å². The van der Waals surface area contributed by atoms with E-state index in [1.54, 1.807) is 0 Å². The Bertz CT molecular complexity index is 447. The molecule has 0 spiro atoms. The summed E-state index contributed by atoms with van der Waals surface area (Å²) in [5.74, 6) is 3.78. The molecule has 0 N–H and O–H groups in total. The number of ketones is 1. The first-order valence-corrected chi connectivity index (χ1v) is 9.16. The third-order valence-electron chi connectivity index (χ3n) is 8.25. The van der Waals surface area contributed by atoms with E-state index in [1.807, 2.05) is 0 Å². The maximum Gasteiger partial charge on any atom is 0.133 e. The maximum absolute atomic E-state index is 14.8. The molecule has 0 aliphatic heterocycles. The fourth-order valence-electron chi connectivity index (χ4n) is 6.87. The van der Waals surface area contributed by atoms with Crippen molar-refractivity contribution in [2.45, 2.75) is 71.4 Å². The van der Waals surface area contributed by atoms with Gasteiger partial charge in [0, 0.05) is 18.8 Å². The average Bonchev–Trinajstić information content (AvgIpc) is 2.76. The summed E-state index contributed by atoms with van der Waals surface area (Å²) >= 11 is 0. The van der Waals surface area contributed by atoms with Crippen molar-refractivity contribution >= 4 is 5.78 Å². The lowest BCUT2D eigenvalue weighted by Crippen LogP contribution is -2.51. The number of fused-ring (bicyclic) bond motifs is 5. The highest BCUT2D eigenvalue weighted by Gasteiger charge is 2.57. The van der Waals surface area contributed by atoms with Crippen molar-refractivity contribution in [2.24, 2.45) is 40.9 Å². The monoisotopic (exact) mass is 292 g/mol. The first kappa shape index (κ1) is 14.2. The van der Waals surface area contributed by atoms with Gasteiger partial charge >= 0.3 is 0 Å². The van der Waals surface area contributed by atoms with E-state index in [4.69, 9.17) is 0 Å². The summed E-state index contributed by atoms with van der Waals surface area (Å²) in [5, 5.41) is 0. The Kier molecular flexibility index (Phi) is 3.25. The van der Waals surface area contributed by atoms with Crippen molar-refractivity contribution in [1.82, 2.24) is 0 Å². The molecule has 4 aliphatic rings. The largest absolute Gasteiger partial charge is 0.300 e. The van der Waals surface area contributed by atoms with Gasteiger partial charge in [-0.2, -0.15) is 0 Å². The molecule has 4 rings (SSSR count). The molecule has 0 heterocycles. The smallest absolute Gasteiger partial charge is 0.133 e. The predicted molar refractivity (Wildman–Crippen MR) is 81.6 cm³/mol. The zero-order valence-corrected chi connectivity index (χ0v) is 13.5. The second kappa shape index (κ2) is 4.80. The lowest BCUT2D eigenvalue weighted by atomic mass is 9.49. The number of carbonyl (C=O) groups excluding carboxylic acids is 1. The summed E-state index contributed by atoms with van der Waals surface area (Å²) < 4.78 is 14.8. The van der Waals surface area contributed by atoms with Crippen LogP contribution in [-0.4, -0.2) is 12.0 Å². The molecule has 0 saturated heterocycles. The Morgan fingerprint density at radius 1 is 1.05 bits per heavy atom. The van der Waals surface area contributed by atoms with Crippen LogP contribution in [-0.2, 0) is 4.79 Å². The lowest BCUT2D eigenvalue weighted by molar-refractivity contribution is -0.132. The van der Waals surface area contributed by atoms with Gasteiger partial charge in [-0.15, -0.1) is 0 Å². The van der Waals surface area contributed by atoms with Crippen LogP contribution in [0.15, 0.2) is 0 Å². The van der Waals surface area contributed by atoms with Gasteiger partial charge in [0.05, 0.1) is 0 Å². The van der Waals surface area contributed by atoms with Crippen molar-refractivity contribution in [3.63, 3.8) is 0 Å². The number of carbonyl (C=O) groups is 1. The molecule has 4 fully saturated rings.